The van der Waals surface area contributed by atoms with E-state index in [2.05, 4.69) is 15.6 Å². The summed E-state index contributed by atoms with van der Waals surface area (Å²) in [5.41, 5.74) is 0.538. The molecule has 1 aliphatic heterocycles. The fourth-order valence-corrected chi connectivity index (χ4v) is 2.12. The summed E-state index contributed by atoms with van der Waals surface area (Å²) in [5.74, 6) is -0.371. The molecule has 0 radical (unpaired) electrons. The van der Waals surface area contributed by atoms with E-state index in [0.717, 1.165) is 0 Å². The number of halogens is 3. The van der Waals surface area contributed by atoms with Crippen molar-refractivity contribution in [2.45, 2.75) is 12.2 Å². The molecule has 20 heavy (non-hydrogen) atoms. The molecular formula is C12H15F3N4O. The molecule has 5 nitrogen and oxygen atoms in total. The Bertz CT molecular complexity index is 475. The topological polar surface area (TPSA) is 57.3 Å². The van der Waals surface area contributed by atoms with Crippen LogP contribution in [0.2, 0.25) is 0 Å². The molecule has 110 valence electrons. The van der Waals surface area contributed by atoms with E-state index in [-0.39, 0.29) is 24.7 Å². The van der Waals surface area contributed by atoms with Crippen molar-refractivity contribution < 1.29 is 18.0 Å². The summed E-state index contributed by atoms with van der Waals surface area (Å²) in [7, 11) is 1.47. The third kappa shape index (κ3) is 3.01. The maximum absolute atomic E-state index is 13.0. The Kier molecular flexibility index (Phi) is 4.12. The molecule has 2 N–H and O–H groups in total. The number of alkyl halides is 3. The lowest BCUT2D eigenvalue weighted by atomic mass is 10.1. The quantitative estimate of drug-likeness (QED) is 0.844. The van der Waals surface area contributed by atoms with Gasteiger partial charge in [-0.15, -0.1) is 0 Å². The number of hydrogen-bond acceptors (Lipinski definition) is 4. The minimum absolute atomic E-state index is 0.152. The molecule has 1 fully saturated rings. The number of pyridine rings is 1. The highest BCUT2D eigenvalue weighted by molar-refractivity contribution is 5.92. The Balaban J connectivity index is 2.22. The Morgan fingerprint density at radius 1 is 1.50 bits per heavy atom. The van der Waals surface area contributed by atoms with Gasteiger partial charge >= 0.3 is 6.18 Å². The van der Waals surface area contributed by atoms with Gasteiger partial charge in [0.15, 0.2) is 0 Å². The molecule has 1 unspecified atom stereocenters. The molecule has 1 aromatic heterocycles. The lowest BCUT2D eigenvalue weighted by Gasteiger charge is -2.38. The summed E-state index contributed by atoms with van der Waals surface area (Å²) in [6, 6.07) is 1.33. The van der Waals surface area contributed by atoms with Gasteiger partial charge in [-0.2, -0.15) is 13.2 Å². The largest absolute Gasteiger partial charge is 0.409 e. The van der Waals surface area contributed by atoms with Crippen molar-refractivity contribution in [3.05, 3.63) is 24.0 Å². The fraction of sp³-hybridized carbons (Fsp3) is 0.500. The molecule has 0 aromatic carbocycles. The second kappa shape index (κ2) is 5.66. The number of rotatable bonds is 2. The van der Waals surface area contributed by atoms with Gasteiger partial charge in [-0.25, -0.2) is 4.98 Å². The lowest BCUT2D eigenvalue weighted by molar-refractivity contribution is -0.149. The van der Waals surface area contributed by atoms with Crippen molar-refractivity contribution in [2.75, 3.05) is 31.6 Å². The van der Waals surface area contributed by atoms with Crippen molar-refractivity contribution in [3.8, 4) is 0 Å². The molecule has 1 amide bonds. The maximum atomic E-state index is 13.0. The summed E-state index contributed by atoms with van der Waals surface area (Å²) in [4.78, 5) is 16.5. The second-order valence-electron chi connectivity index (χ2n) is 4.44. The van der Waals surface area contributed by atoms with E-state index in [0.29, 0.717) is 12.2 Å². The summed E-state index contributed by atoms with van der Waals surface area (Å²) < 4.78 is 38.9. The molecule has 1 saturated heterocycles. The highest BCUT2D eigenvalue weighted by Gasteiger charge is 2.44. The number of aromatic nitrogens is 1. The maximum Gasteiger partial charge on any atom is 0.409 e. The number of carbonyl (C=O) groups is 1. The van der Waals surface area contributed by atoms with E-state index in [1.807, 2.05) is 0 Å². The Labute approximate surface area is 114 Å². The summed E-state index contributed by atoms with van der Waals surface area (Å²) in [6.07, 6.45) is -3.01. The number of hydrogen-bond donors (Lipinski definition) is 2. The number of anilines is 1. The van der Waals surface area contributed by atoms with Gasteiger partial charge in [-0.3, -0.25) is 4.79 Å². The van der Waals surface area contributed by atoms with Crippen LogP contribution in [0.3, 0.4) is 0 Å². The van der Waals surface area contributed by atoms with Crippen LogP contribution in [-0.4, -0.2) is 49.8 Å². The van der Waals surface area contributed by atoms with E-state index in [4.69, 9.17) is 0 Å². The van der Waals surface area contributed by atoms with E-state index >= 15 is 0 Å². The van der Waals surface area contributed by atoms with Gasteiger partial charge in [0.25, 0.3) is 5.91 Å². The predicted octanol–water partition coefficient (Wildman–Crippen LogP) is 0.782. The molecule has 0 aliphatic carbocycles. The number of carbonyl (C=O) groups excluding carboxylic acids is 1. The second-order valence-corrected chi connectivity index (χ2v) is 4.44. The first-order chi connectivity index (χ1) is 9.43. The van der Waals surface area contributed by atoms with Crippen LogP contribution >= 0.6 is 0 Å². The minimum Gasteiger partial charge on any atom is -0.356 e. The normalized spacial score (nSPS) is 19.8. The number of nitrogens with one attached hydrogen (secondary N) is 2. The molecule has 1 aromatic rings. The molecule has 1 atom stereocenters. The average molecular weight is 288 g/mol. The van der Waals surface area contributed by atoms with Crippen LogP contribution in [0.25, 0.3) is 0 Å². The first-order valence-electron chi connectivity index (χ1n) is 6.15. The van der Waals surface area contributed by atoms with Crippen LogP contribution in [0.15, 0.2) is 18.3 Å². The molecule has 0 bridgehead atoms. The molecule has 1 aliphatic rings. The van der Waals surface area contributed by atoms with Gasteiger partial charge in [0, 0.05) is 26.7 Å². The molecular weight excluding hydrogens is 273 g/mol. The van der Waals surface area contributed by atoms with Crippen molar-refractivity contribution in [2.24, 2.45) is 0 Å². The summed E-state index contributed by atoms with van der Waals surface area (Å²) in [6.45, 7) is 0.565. The first-order valence-corrected chi connectivity index (χ1v) is 6.15. The number of amides is 1. The van der Waals surface area contributed by atoms with Gasteiger partial charge in [-0.1, -0.05) is 0 Å². The smallest absolute Gasteiger partial charge is 0.356 e. The first kappa shape index (κ1) is 14.6. The highest BCUT2D eigenvalue weighted by atomic mass is 19.4. The van der Waals surface area contributed by atoms with Crippen LogP contribution < -0.4 is 15.5 Å². The Morgan fingerprint density at radius 2 is 2.25 bits per heavy atom. The van der Waals surface area contributed by atoms with Gasteiger partial charge in [0.2, 0.25) is 0 Å². The van der Waals surface area contributed by atoms with E-state index in [1.54, 1.807) is 0 Å². The number of nitrogens with zero attached hydrogens (tertiary/aromatic N) is 2. The van der Waals surface area contributed by atoms with Crippen LogP contribution in [0.5, 0.6) is 0 Å². The van der Waals surface area contributed by atoms with E-state index in [9.17, 15) is 18.0 Å². The van der Waals surface area contributed by atoms with Crippen LogP contribution in [0, 0.1) is 0 Å². The monoisotopic (exact) mass is 288 g/mol. The highest BCUT2D eigenvalue weighted by Crippen LogP contribution is 2.29. The van der Waals surface area contributed by atoms with Gasteiger partial charge in [-0.05, 0) is 12.1 Å². The van der Waals surface area contributed by atoms with E-state index in [1.165, 1.54) is 30.3 Å². The van der Waals surface area contributed by atoms with Gasteiger partial charge < -0.3 is 15.5 Å². The third-order valence-electron chi connectivity index (χ3n) is 3.16. The predicted molar refractivity (Wildman–Crippen MR) is 67.7 cm³/mol. The third-order valence-corrected chi connectivity index (χ3v) is 3.16. The minimum atomic E-state index is -4.31. The van der Waals surface area contributed by atoms with Crippen LogP contribution in [0.4, 0.5) is 18.9 Å². The molecule has 2 heterocycles. The zero-order valence-corrected chi connectivity index (χ0v) is 10.9. The van der Waals surface area contributed by atoms with Gasteiger partial charge in [0.05, 0.1) is 11.9 Å². The van der Waals surface area contributed by atoms with Crippen molar-refractivity contribution in [1.82, 2.24) is 15.6 Å². The zero-order valence-electron chi connectivity index (χ0n) is 10.9. The lowest BCUT2D eigenvalue weighted by Crippen LogP contribution is -2.58. The van der Waals surface area contributed by atoms with Crippen LogP contribution in [-0.2, 0) is 0 Å². The molecule has 0 saturated carbocycles. The number of piperazine rings is 1. The average Bonchev–Trinajstić information content (AvgIpc) is 2.46. The van der Waals surface area contributed by atoms with Crippen molar-refractivity contribution in [3.63, 3.8) is 0 Å². The molecule has 0 spiro atoms. The van der Waals surface area contributed by atoms with Crippen LogP contribution in [0.1, 0.15) is 10.5 Å². The molecule has 8 heteroatoms. The van der Waals surface area contributed by atoms with Gasteiger partial charge in [0.1, 0.15) is 11.7 Å². The van der Waals surface area contributed by atoms with Crippen molar-refractivity contribution >= 4 is 11.6 Å². The molecule has 2 rings (SSSR count). The Hall–Kier alpha value is -1.83. The summed E-state index contributed by atoms with van der Waals surface area (Å²) >= 11 is 0. The standard InChI is InChI=1S/C12H15F3N4O/c1-16-11(20)9-3-2-8(6-18-9)19-5-4-17-7-10(19)12(13,14)15/h2-3,6,10,17H,4-5,7H2,1H3,(H,16,20). The van der Waals surface area contributed by atoms with E-state index < -0.39 is 12.2 Å². The SMILES string of the molecule is CNC(=O)c1ccc(N2CCNCC2C(F)(F)F)cn1. The zero-order chi connectivity index (χ0) is 14.8. The fourth-order valence-electron chi connectivity index (χ4n) is 2.12. The Morgan fingerprint density at radius 3 is 2.80 bits per heavy atom. The van der Waals surface area contributed by atoms with Crippen molar-refractivity contribution in [1.29, 1.82) is 0 Å². The summed E-state index contributed by atoms with van der Waals surface area (Å²) in [5, 5.41) is 5.14.